The van der Waals surface area contributed by atoms with Crippen molar-refractivity contribution in [1.29, 1.82) is 0 Å². The Balaban J connectivity index is 1.75. The van der Waals surface area contributed by atoms with Crippen molar-refractivity contribution in [2.24, 2.45) is 11.8 Å². The number of aliphatic hydroxyl groups excluding tert-OH is 1. The van der Waals surface area contributed by atoms with Gasteiger partial charge in [-0.25, -0.2) is 14.4 Å². The molecule has 2 N–H and O–H groups in total. The van der Waals surface area contributed by atoms with Crippen molar-refractivity contribution in [3.8, 4) is 0 Å². The second-order valence-electron chi connectivity index (χ2n) is 18.3. The molecule has 0 amide bonds. The van der Waals surface area contributed by atoms with Gasteiger partial charge >= 0.3 is 18.1 Å². The molecule has 0 aliphatic carbocycles. The molecule has 4 rings (SSSR count). The van der Waals surface area contributed by atoms with Crippen LogP contribution in [0.1, 0.15) is 88.0 Å². The Hall–Kier alpha value is -2.45. The molecule has 17 nitrogen and oxygen atoms in total. The predicted octanol–water partition coefficient (Wildman–Crippen LogP) is 3.24. The summed E-state index contributed by atoms with van der Waals surface area (Å²) in [7, 11) is 7.29. The largest absolute Gasteiger partial charge is 0.509 e. The minimum atomic E-state index is -1.63. The summed E-state index contributed by atoms with van der Waals surface area (Å²) in [6, 6.07) is -0.465. The maximum absolute atomic E-state index is 14.4. The lowest BCUT2D eigenvalue weighted by Gasteiger charge is -2.48. The second kappa shape index (κ2) is 20.8. The van der Waals surface area contributed by atoms with Gasteiger partial charge in [-0.1, -0.05) is 27.4 Å². The van der Waals surface area contributed by atoms with Crippen LogP contribution in [0.3, 0.4) is 0 Å². The van der Waals surface area contributed by atoms with E-state index in [1.807, 2.05) is 65.6 Å². The maximum atomic E-state index is 14.4. The molecule has 4 aliphatic heterocycles. The van der Waals surface area contributed by atoms with Crippen LogP contribution >= 0.6 is 0 Å². The lowest BCUT2D eigenvalue weighted by molar-refractivity contribution is -0.300. The van der Waals surface area contributed by atoms with Crippen molar-refractivity contribution < 1.29 is 72.0 Å². The molecule has 346 valence electrons. The van der Waals surface area contributed by atoms with Gasteiger partial charge < -0.3 is 62.5 Å². The number of likely N-dealkylation sites (N-methyl/N-ethyl adjacent to an activating group) is 2. The van der Waals surface area contributed by atoms with Crippen molar-refractivity contribution >= 4 is 18.1 Å². The van der Waals surface area contributed by atoms with Crippen LogP contribution < -0.4 is 0 Å². The topological polar surface area (TPSA) is 190 Å². The van der Waals surface area contributed by atoms with Gasteiger partial charge in [0.25, 0.3) is 0 Å². The number of nitrogens with zero attached hydrogens (tertiary/aromatic N) is 2. The first-order chi connectivity index (χ1) is 28.0. The van der Waals surface area contributed by atoms with Crippen LogP contribution in [-0.4, -0.2) is 183 Å². The summed E-state index contributed by atoms with van der Waals surface area (Å²) in [6.45, 7) is 20.7. The number of fused-ring (bicyclic) bond motifs is 1. The molecule has 0 bridgehead atoms. The van der Waals surface area contributed by atoms with Crippen LogP contribution in [0.4, 0.5) is 4.79 Å². The number of carbonyl (C=O) groups is 3. The van der Waals surface area contributed by atoms with Gasteiger partial charge in [0.05, 0.1) is 67.1 Å². The van der Waals surface area contributed by atoms with Crippen molar-refractivity contribution in [3.63, 3.8) is 0 Å². The zero-order chi connectivity index (χ0) is 44.9. The van der Waals surface area contributed by atoms with E-state index in [9.17, 15) is 24.6 Å². The molecule has 0 radical (unpaired) electrons. The van der Waals surface area contributed by atoms with Crippen LogP contribution in [0.2, 0.25) is 0 Å². The Morgan fingerprint density at radius 1 is 1.03 bits per heavy atom. The summed E-state index contributed by atoms with van der Waals surface area (Å²) in [6.07, 6.45) is -6.42. The Bertz CT molecular complexity index is 1460. The first kappa shape index (κ1) is 50.2. The lowest BCUT2D eigenvalue weighted by Crippen LogP contribution is -2.59. The number of cyclic esters (lactones) is 1. The zero-order valence-corrected chi connectivity index (χ0v) is 38.2. The van der Waals surface area contributed by atoms with Crippen molar-refractivity contribution in [2.75, 3.05) is 61.2 Å². The molecule has 0 aromatic rings. The molecule has 0 aromatic heterocycles. The number of rotatable bonds is 12. The van der Waals surface area contributed by atoms with Gasteiger partial charge in [-0.3, -0.25) is 4.90 Å². The number of hydrogen-bond acceptors (Lipinski definition) is 17. The zero-order valence-electron chi connectivity index (χ0n) is 38.2. The fourth-order valence-electron chi connectivity index (χ4n) is 9.77. The molecule has 0 spiro atoms. The fraction of sp³-hybridized carbons (Fsp3) is 0.884. The minimum Gasteiger partial charge on any atom is -0.457 e. The summed E-state index contributed by atoms with van der Waals surface area (Å²) in [5.74, 6) is -2.53. The normalized spacial score (nSPS) is 42.7. The lowest BCUT2D eigenvalue weighted by atomic mass is 9.79. The third-order valence-electron chi connectivity index (χ3n) is 13.0. The molecule has 4 fully saturated rings. The van der Waals surface area contributed by atoms with Crippen molar-refractivity contribution in [1.82, 2.24) is 9.80 Å². The van der Waals surface area contributed by atoms with Crippen LogP contribution in [-0.2, 0) is 57.0 Å². The average Bonchev–Trinajstić information content (AvgIpc) is 3.48. The summed E-state index contributed by atoms with van der Waals surface area (Å²) in [5.41, 5.74) is -4.06. The molecular formula is C43H74N2O15. The Kier molecular flexibility index (Phi) is 17.4. The van der Waals surface area contributed by atoms with E-state index in [2.05, 4.69) is 6.58 Å². The second-order valence-corrected chi connectivity index (χ2v) is 18.3. The van der Waals surface area contributed by atoms with Crippen molar-refractivity contribution in [2.45, 2.75) is 172 Å². The SMILES string of the molecule is C=C1C(=O)O[C@H](CC)[C@@]2(C)OC(=O)O[C@@H]2[C@@H](C)N(C)C[C@H](C)CC(C)(O)[C@H](OCC(=O)O[C@H]2CO[C@H](C)C[C@@H]2N(C)C)[C@@H](C)[C@@H]1O[C@H]1C[C@@](C)(OC)[C@@H](OCCO)[C@H](C)O1. The monoisotopic (exact) mass is 859 g/mol. The number of methoxy groups -OCH3 is 1. The van der Waals surface area contributed by atoms with Gasteiger partial charge in [0.2, 0.25) is 0 Å². The Labute approximate surface area is 356 Å². The summed E-state index contributed by atoms with van der Waals surface area (Å²) >= 11 is 0. The highest BCUT2D eigenvalue weighted by atomic mass is 16.8. The molecule has 4 saturated heterocycles. The molecule has 1 unspecified atom stereocenters. The van der Waals surface area contributed by atoms with Crippen molar-refractivity contribution in [3.05, 3.63) is 12.2 Å². The van der Waals surface area contributed by atoms with Gasteiger partial charge in [-0.05, 0) is 87.9 Å². The highest BCUT2D eigenvalue weighted by molar-refractivity contribution is 5.89. The smallest absolute Gasteiger partial charge is 0.457 e. The van der Waals surface area contributed by atoms with Gasteiger partial charge in [0, 0.05) is 32.0 Å². The first-order valence-corrected chi connectivity index (χ1v) is 21.4. The standard InChI is InChI=1S/C43H74N2O15/c1-15-32-43(10)37(59-40(49)60-43)28(6)45(13)21-24(2)19-41(8,50)36(54-23-33(47)56-31-22-53-25(3)18-30(31)44(11)12)26(4)35(27(5)39(48)57-32)58-34-20-42(9,51-14)38(29(7)55-34)52-17-16-46/h24-26,28-32,34-38,46,50H,5,15-23H2,1-4,6-14H3/t24-,25-,26+,28-,29+,30+,31+,32-,34+,35+,36-,37-,38+,41?,42-,43-/m1/s1. The number of esters is 2. The van der Waals surface area contributed by atoms with E-state index >= 15 is 0 Å². The fourth-order valence-corrected chi connectivity index (χ4v) is 9.77. The average molecular weight is 859 g/mol. The minimum absolute atomic E-state index is 0.00348. The van der Waals surface area contributed by atoms with Crippen LogP contribution in [0, 0.1) is 11.8 Å². The molecule has 4 aliphatic rings. The van der Waals surface area contributed by atoms with Crippen LogP contribution in [0.5, 0.6) is 0 Å². The highest BCUT2D eigenvalue weighted by Gasteiger charge is 2.58. The third-order valence-corrected chi connectivity index (χ3v) is 13.0. The molecule has 17 heteroatoms. The van der Waals surface area contributed by atoms with E-state index in [4.69, 9.17) is 47.4 Å². The number of aliphatic hydroxyl groups is 2. The molecule has 16 atom stereocenters. The predicted molar refractivity (Wildman–Crippen MR) is 218 cm³/mol. The maximum Gasteiger partial charge on any atom is 0.509 e. The molecule has 60 heavy (non-hydrogen) atoms. The summed E-state index contributed by atoms with van der Waals surface area (Å²) in [5, 5.41) is 22.0. The summed E-state index contributed by atoms with van der Waals surface area (Å²) in [4.78, 5) is 44.8. The van der Waals surface area contributed by atoms with E-state index < -0.39 is 102 Å². The third kappa shape index (κ3) is 11.6. The number of ether oxygens (including phenoxy) is 10. The first-order valence-electron chi connectivity index (χ1n) is 21.4. The van der Waals surface area contributed by atoms with Crippen LogP contribution in [0.15, 0.2) is 12.2 Å². The van der Waals surface area contributed by atoms with Gasteiger partial charge in [0.1, 0.15) is 24.9 Å². The number of carbonyl (C=O) groups excluding carboxylic acids is 3. The molecule has 0 saturated carbocycles. The van der Waals surface area contributed by atoms with E-state index in [0.29, 0.717) is 13.0 Å². The van der Waals surface area contributed by atoms with Gasteiger partial charge in [-0.2, -0.15) is 0 Å². The Morgan fingerprint density at radius 3 is 2.33 bits per heavy atom. The molecule has 0 aromatic carbocycles. The number of hydrogen-bond donors (Lipinski definition) is 2. The molecule has 4 heterocycles. The van der Waals surface area contributed by atoms with Crippen LogP contribution in [0.25, 0.3) is 0 Å². The summed E-state index contributed by atoms with van der Waals surface area (Å²) < 4.78 is 60.9. The molecular weight excluding hydrogens is 784 g/mol. The van der Waals surface area contributed by atoms with E-state index in [-0.39, 0.29) is 62.7 Å². The van der Waals surface area contributed by atoms with E-state index in [1.54, 1.807) is 34.8 Å². The highest BCUT2D eigenvalue weighted by Crippen LogP contribution is 2.41. The van der Waals surface area contributed by atoms with Gasteiger partial charge in [-0.15, -0.1) is 0 Å². The van der Waals surface area contributed by atoms with E-state index in [0.717, 1.165) is 0 Å². The quantitative estimate of drug-likeness (QED) is 0.165. The van der Waals surface area contributed by atoms with Gasteiger partial charge in [0.15, 0.2) is 18.0 Å². The van der Waals surface area contributed by atoms with E-state index in [1.165, 1.54) is 0 Å². The Morgan fingerprint density at radius 2 is 1.72 bits per heavy atom.